The lowest BCUT2D eigenvalue weighted by molar-refractivity contribution is 0.145. The van der Waals surface area contributed by atoms with Crippen LogP contribution >= 0.6 is 0 Å². The Morgan fingerprint density at radius 1 is 1.06 bits per heavy atom. The molecule has 0 spiro atoms. The molecule has 5 rings (SSSR count). The highest BCUT2D eigenvalue weighted by atomic mass is 16.5. The van der Waals surface area contributed by atoms with E-state index >= 15 is 0 Å². The number of benzene rings is 2. The number of rotatable bonds is 7. The smallest absolute Gasteiger partial charge is 0.219 e. The van der Waals surface area contributed by atoms with Crippen molar-refractivity contribution in [2.45, 2.75) is 20.3 Å². The van der Waals surface area contributed by atoms with E-state index in [2.05, 4.69) is 41.7 Å². The maximum Gasteiger partial charge on any atom is 0.219 e. The number of aromatic amines is 1. The summed E-state index contributed by atoms with van der Waals surface area (Å²) in [4.78, 5) is 12.9. The molecule has 7 nitrogen and oxygen atoms in total. The number of fused-ring (bicyclic) bond motifs is 2. The number of piperazine rings is 1. The number of aromatic nitrogens is 2. The average molecular weight is 470 g/mol. The lowest BCUT2D eigenvalue weighted by Gasteiger charge is -2.32. The monoisotopic (exact) mass is 469 g/mol. The average Bonchev–Trinajstić information content (AvgIpc) is 3.15. The summed E-state index contributed by atoms with van der Waals surface area (Å²) in [6, 6.07) is 15.7. The molecule has 180 valence electrons. The van der Waals surface area contributed by atoms with Crippen LogP contribution in [0.1, 0.15) is 23.2 Å². The summed E-state index contributed by atoms with van der Waals surface area (Å²) in [7, 11) is 2.16. The van der Waals surface area contributed by atoms with Gasteiger partial charge in [-0.05, 0) is 63.2 Å². The fourth-order valence-electron chi connectivity index (χ4n) is 4.56. The predicted octanol–water partition coefficient (Wildman–Crippen LogP) is 5.01. The van der Waals surface area contributed by atoms with Crippen LogP contribution in [0.4, 0.5) is 0 Å². The van der Waals surface area contributed by atoms with Crippen molar-refractivity contribution in [3.05, 3.63) is 59.3 Å². The fraction of sp³-hybridized carbons (Fsp3) is 0.357. The van der Waals surface area contributed by atoms with Crippen molar-refractivity contribution in [1.82, 2.24) is 19.8 Å². The minimum absolute atomic E-state index is 0.507. The Kier molecular flexibility index (Phi) is 6.58. The van der Waals surface area contributed by atoms with E-state index in [4.69, 9.17) is 14.5 Å². The van der Waals surface area contributed by atoms with Crippen molar-refractivity contribution < 1.29 is 9.47 Å². The van der Waals surface area contributed by atoms with E-state index in [-0.39, 0.29) is 0 Å². The number of likely N-dealkylation sites (N-methyl/N-ethyl adjacent to an activating group) is 1. The molecule has 3 heterocycles. The first-order valence-corrected chi connectivity index (χ1v) is 12.2. The molecule has 2 aromatic heterocycles. The molecule has 0 saturated carbocycles. The molecule has 1 saturated heterocycles. The summed E-state index contributed by atoms with van der Waals surface area (Å²) in [5.41, 5.74) is 4.74. The SMILES string of the molecule is Cc1[nH]c2ccc(Oc3ccc4cc(C#N)c(OCCCN5CCN(C)CC5)cc4n3)cc2c1C. The number of hydrogen-bond acceptors (Lipinski definition) is 6. The number of nitrogens with zero attached hydrogens (tertiary/aromatic N) is 4. The van der Waals surface area contributed by atoms with Crippen LogP contribution in [0.15, 0.2) is 42.5 Å². The molecule has 0 atom stereocenters. The number of H-pyrrole nitrogens is 1. The molecular weight excluding hydrogens is 438 g/mol. The quantitative estimate of drug-likeness (QED) is 0.383. The molecule has 0 unspecified atom stereocenters. The van der Waals surface area contributed by atoms with Crippen molar-refractivity contribution in [2.24, 2.45) is 0 Å². The number of ether oxygens (including phenoxy) is 2. The molecule has 0 bridgehead atoms. The lowest BCUT2D eigenvalue weighted by Crippen LogP contribution is -2.44. The molecule has 7 heteroatoms. The summed E-state index contributed by atoms with van der Waals surface area (Å²) in [5.74, 6) is 1.82. The van der Waals surface area contributed by atoms with Crippen LogP contribution < -0.4 is 9.47 Å². The van der Waals surface area contributed by atoms with E-state index in [9.17, 15) is 5.26 Å². The zero-order chi connectivity index (χ0) is 24.4. The fourth-order valence-corrected chi connectivity index (χ4v) is 4.56. The third-order valence-corrected chi connectivity index (χ3v) is 6.86. The Bertz CT molecular complexity index is 1400. The second-order valence-electron chi connectivity index (χ2n) is 9.33. The number of pyridine rings is 1. The van der Waals surface area contributed by atoms with E-state index < -0.39 is 0 Å². The van der Waals surface area contributed by atoms with Crippen LogP contribution in [0.5, 0.6) is 17.4 Å². The van der Waals surface area contributed by atoms with Gasteiger partial charge in [0.1, 0.15) is 17.6 Å². The van der Waals surface area contributed by atoms with Crippen molar-refractivity contribution in [3.8, 4) is 23.4 Å². The van der Waals surface area contributed by atoms with Crippen LogP contribution in [-0.4, -0.2) is 66.1 Å². The van der Waals surface area contributed by atoms with Gasteiger partial charge in [0.15, 0.2) is 0 Å². The van der Waals surface area contributed by atoms with Gasteiger partial charge in [-0.15, -0.1) is 0 Å². The normalized spacial score (nSPS) is 14.9. The van der Waals surface area contributed by atoms with Crippen LogP contribution in [0.25, 0.3) is 21.8 Å². The molecule has 1 fully saturated rings. The first-order valence-electron chi connectivity index (χ1n) is 12.2. The number of nitrogens with one attached hydrogen (secondary N) is 1. The first-order chi connectivity index (χ1) is 17.0. The van der Waals surface area contributed by atoms with E-state index in [0.29, 0.717) is 23.8 Å². The maximum atomic E-state index is 9.63. The van der Waals surface area contributed by atoms with Crippen LogP contribution in [-0.2, 0) is 0 Å². The van der Waals surface area contributed by atoms with E-state index in [1.54, 1.807) is 0 Å². The van der Waals surface area contributed by atoms with E-state index in [0.717, 1.165) is 72.4 Å². The molecule has 1 aliphatic heterocycles. The summed E-state index contributed by atoms with van der Waals surface area (Å²) in [6.45, 7) is 10.2. The number of aryl methyl sites for hydroxylation is 2. The zero-order valence-electron chi connectivity index (χ0n) is 20.6. The number of nitriles is 1. The Hall–Kier alpha value is -3.60. The first kappa shape index (κ1) is 23.2. The Morgan fingerprint density at radius 2 is 1.89 bits per heavy atom. The minimum atomic E-state index is 0.507. The molecule has 35 heavy (non-hydrogen) atoms. The molecule has 1 aliphatic rings. The molecule has 4 aromatic rings. The third kappa shape index (κ3) is 5.09. The van der Waals surface area contributed by atoms with Gasteiger partial charge in [0.25, 0.3) is 0 Å². The molecular formula is C28H31N5O2. The Labute approximate surface area is 205 Å². The topological polar surface area (TPSA) is 77.4 Å². The Balaban J connectivity index is 1.29. The lowest BCUT2D eigenvalue weighted by atomic mass is 10.1. The van der Waals surface area contributed by atoms with Crippen molar-refractivity contribution >= 4 is 21.8 Å². The molecule has 0 aliphatic carbocycles. The molecule has 0 radical (unpaired) electrons. The van der Waals surface area contributed by atoms with E-state index in [1.807, 2.05) is 42.5 Å². The highest BCUT2D eigenvalue weighted by Crippen LogP contribution is 2.30. The second-order valence-corrected chi connectivity index (χ2v) is 9.33. The van der Waals surface area contributed by atoms with E-state index in [1.165, 1.54) is 5.56 Å². The van der Waals surface area contributed by atoms with Crippen LogP contribution in [0, 0.1) is 25.2 Å². The van der Waals surface area contributed by atoms with Gasteiger partial charge < -0.3 is 24.3 Å². The predicted molar refractivity (Wildman–Crippen MR) is 138 cm³/mol. The van der Waals surface area contributed by atoms with Crippen molar-refractivity contribution in [3.63, 3.8) is 0 Å². The summed E-state index contributed by atoms with van der Waals surface area (Å²) >= 11 is 0. The number of hydrogen-bond donors (Lipinski definition) is 1. The minimum Gasteiger partial charge on any atom is -0.492 e. The van der Waals surface area contributed by atoms with Gasteiger partial charge in [-0.25, -0.2) is 4.98 Å². The highest BCUT2D eigenvalue weighted by molar-refractivity contribution is 5.86. The largest absolute Gasteiger partial charge is 0.492 e. The standard InChI is InChI=1S/C28H31N5O2/c1-19-20(2)30-25-7-6-23(16-24(19)25)35-28-8-5-21-15-22(18-29)27(17-26(21)31-28)34-14-4-9-33-12-10-32(3)11-13-33/h5-8,15-17,30H,4,9-14H2,1-3H3. The van der Waals surface area contributed by atoms with Gasteiger partial charge in [0.2, 0.25) is 5.88 Å². The van der Waals surface area contributed by atoms with Gasteiger partial charge in [-0.1, -0.05) is 0 Å². The van der Waals surface area contributed by atoms with Crippen molar-refractivity contribution in [2.75, 3.05) is 46.4 Å². The molecule has 1 N–H and O–H groups in total. The van der Waals surface area contributed by atoms with Crippen LogP contribution in [0.2, 0.25) is 0 Å². The molecule has 0 amide bonds. The Morgan fingerprint density at radius 3 is 2.69 bits per heavy atom. The van der Waals surface area contributed by atoms with Crippen LogP contribution in [0.3, 0.4) is 0 Å². The second kappa shape index (κ2) is 9.95. The van der Waals surface area contributed by atoms with Crippen molar-refractivity contribution in [1.29, 1.82) is 5.26 Å². The summed E-state index contributed by atoms with van der Waals surface area (Å²) in [5, 5.41) is 11.7. The third-order valence-electron chi connectivity index (χ3n) is 6.86. The zero-order valence-corrected chi connectivity index (χ0v) is 20.6. The maximum absolute atomic E-state index is 9.63. The van der Waals surface area contributed by atoms with Gasteiger partial charge in [-0.3, -0.25) is 0 Å². The van der Waals surface area contributed by atoms with Gasteiger partial charge in [0, 0.05) is 66.8 Å². The highest BCUT2D eigenvalue weighted by Gasteiger charge is 2.14. The van der Waals surface area contributed by atoms with Gasteiger partial charge in [0.05, 0.1) is 17.7 Å². The van der Waals surface area contributed by atoms with Gasteiger partial charge >= 0.3 is 0 Å². The summed E-state index contributed by atoms with van der Waals surface area (Å²) in [6.07, 6.45) is 0.920. The molecule has 2 aromatic carbocycles. The summed E-state index contributed by atoms with van der Waals surface area (Å²) < 4.78 is 12.1. The van der Waals surface area contributed by atoms with Gasteiger partial charge in [-0.2, -0.15) is 5.26 Å².